The minimum atomic E-state index is -3.49. The Labute approximate surface area is 132 Å². The largest absolute Gasteiger partial charge is 0.313 e. The molecule has 2 rings (SSSR count). The number of likely N-dealkylation sites (N-methyl/N-ethyl adjacent to an activating group) is 1. The smallest absolute Gasteiger partial charge is 0.243 e. The molecule has 6 heteroatoms. The van der Waals surface area contributed by atoms with Crippen molar-refractivity contribution in [3.63, 3.8) is 0 Å². The average Bonchev–Trinajstić information content (AvgIpc) is 2.48. The van der Waals surface area contributed by atoms with Crippen molar-refractivity contribution in [2.45, 2.75) is 44.0 Å². The summed E-state index contributed by atoms with van der Waals surface area (Å²) in [7, 11) is -3.49. The molecule has 0 spiro atoms. The Morgan fingerprint density at radius 3 is 2.76 bits per heavy atom. The highest BCUT2D eigenvalue weighted by molar-refractivity contribution is 7.89. The van der Waals surface area contributed by atoms with E-state index < -0.39 is 10.0 Å². The fourth-order valence-corrected chi connectivity index (χ4v) is 4.70. The third-order valence-corrected chi connectivity index (χ3v) is 6.52. The van der Waals surface area contributed by atoms with E-state index in [9.17, 15) is 8.42 Å². The van der Waals surface area contributed by atoms with E-state index in [-0.39, 0.29) is 6.04 Å². The normalized spacial score (nSPS) is 19.9. The van der Waals surface area contributed by atoms with Crippen molar-refractivity contribution in [1.29, 1.82) is 0 Å². The number of rotatable bonds is 5. The lowest BCUT2D eigenvalue weighted by Crippen LogP contribution is -2.45. The number of sulfonamides is 1. The van der Waals surface area contributed by atoms with Gasteiger partial charge in [0, 0.05) is 24.2 Å². The third-order valence-electron chi connectivity index (χ3n) is 4.02. The molecule has 0 aromatic heterocycles. The monoisotopic (exact) mass is 330 g/mol. The minimum Gasteiger partial charge on any atom is -0.313 e. The van der Waals surface area contributed by atoms with Gasteiger partial charge in [-0.3, -0.25) is 0 Å². The van der Waals surface area contributed by atoms with Crippen LogP contribution in [-0.2, 0) is 10.0 Å². The quantitative estimate of drug-likeness (QED) is 0.903. The Kier molecular flexibility index (Phi) is 5.66. The second kappa shape index (κ2) is 7.09. The number of benzene rings is 1. The number of nitrogens with one attached hydrogen (secondary N) is 1. The molecular weight excluding hydrogens is 308 g/mol. The molecule has 0 radical (unpaired) electrons. The number of hydrogen-bond acceptors (Lipinski definition) is 3. The molecule has 0 aliphatic carbocycles. The van der Waals surface area contributed by atoms with E-state index in [1.165, 1.54) is 6.42 Å². The molecule has 1 N–H and O–H groups in total. The molecule has 118 valence electrons. The molecule has 1 atom stereocenters. The van der Waals surface area contributed by atoms with Gasteiger partial charge in [0.15, 0.2) is 0 Å². The summed E-state index contributed by atoms with van der Waals surface area (Å²) in [5.41, 5.74) is 0.620. The van der Waals surface area contributed by atoms with E-state index in [0.29, 0.717) is 28.6 Å². The average molecular weight is 331 g/mol. The van der Waals surface area contributed by atoms with Crippen molar-refractivity contribution in [3.05, 3.63) is 28.8 Å². The van der Waals surface area contributed by atoms with Gasteiger partial charge in [-0.05, 0) is 44.0 Å². The highest BCUT2D eigenvalue weighted by atomic mass is 35.5. The van der Waals surface area contributed by atoms with Crippen molar-refractivity contribution in [2.75, 3.05) is 19.6 Å². The van der Waals surface area contributed by atoms with Crippen LogP contribution in [0.5, 0.6) is 0 Å². The van der Waals surface area contributed by atoms with E-state index >= 15 is 0 Å². The fourth-order valence-electron chi connectivity index (χ4n) is 2.73. The molecule has 0 bridgehead atoms. The molecule has 1 fully saturated rings. The van der Waals surface area contributed by atoms with E-state index in [4.69, 9.17) is 11.6 Å². The van der Waals surface area contributed by atoms with Crippen molar-refractivity contribution in [2.24, 2.45) is 0 Å². The first-order chi connectivity index (χ1) is 9.96. The summed E-state index contributed by atoms with van der Waals surface area (Å²) < 4.78 is 27.2. The van der Waals surface area contributed by atoms with Gasteiger partial charge in [0.05, 0.1) is 4.90 Å². The molecule has 4 nitrogen and oxygen atoms in total. The van der Waals surface area contributed by atoms with Crippen molar-refractivity contribution >= 4 is 21.6 Å². The van der Waals surface area contributed by atoms with Gasteiger partial charge in [-0.1, -0.05) is 31.0 Å². The molecule has 1 aromatic rings. The third kappa shape index (κ3) is 3.77. The first-order valence-corrected chi connectivity index (χ1v) is 9.27. The summed E-state index contributed by atoms with van der Waals surface area (Å²) in [6, 6.07) is 5.28. The van der Waals surface area contributed by atoms with Gasteiger partial charge >= 0.3 is 0 Å². The Morgan fingerprint density at radius 1 is 1.38 bits per heavy atom. The zero-order chi connectivity index (χ0) is 15.5. The molecule has 1 aromatic carbocycles. The van der Waals surface area contributed by atoms with Gasteiger partial charge in [0.1, 0.15) is 0 Å². The van der Waals surface area contributed by atoms with Crippen LogP contribution in [0.3, 0.4) is 0 Å². The molecule has 0 saturated carbocycles. The van der Waals surface area contributed by atoms with E-state index in [1.54, 1.807) is 29.4 Å². The molecule has 1 saturated heterocycles. The number of nitrogens with zero attached hydrogens (tertiary/aromatic N) is 1. The maximum absolute atomic E-state index is 12.8. The van der Waals surface area contributed by atoms with Crippen LogP contribution in [0.15, 0.2) is 23.1 Å². The summed E-state index contributed by atoms with van der Waals surface area (Å²) in [6.45, 7) is 5.58. The first kappa shape index (κ1) is 16.7. The van der Waals surface area contributed by atoms with E-state index in [1.807, 2.05) is 6.92 Å². The van der Waals surface area contributed by atoms with Crippen LogP contribution in [0.1, 0.15) is 31.7 Å². The van der Waals surface area contributed by atoms with Crippen molar-refractivity contribution < 1.29 is 8.42 Å². The molecule has 1 heterocycles. The van der Waals surface area contributed by atoms with Gasteiger partial charge in [0.25, 0.3) is 0 Å². The van der Waals surface area contributed by atoms with Crippen LogP contribution in [0.2, 0.25) is 5.02 Å². The fraction of sp³-hybridized carbons (Fsp3) is 0.600. The molecule has 1 unspecified atom stereocenters. The Bertz CT molecular complexity index is 583. The number of hydrogen-bond donors (Lipinski definition) is 1. The minimum absolute atomic E-state index is 0.243. The van der Waals surface area contributed by atoms with Gasteiger partial charge in [-0.25, -0.2) is 8.42 Å². The summed E-state index contributed by atoms with van der Waals surface area (Å²) in [4.78, 5) is 0.313. The lowest BCUT2D eigenvalue weighted by Gasteiger charge is -2.29. The molecular formula is C15H23ClN2O2S. The van der Waals surface area contributed by atoms with Crippen LogP contribution in [0, 0.1) is 6.92 Å². The predicted molar refractivity (Wildman–Crippen MR) is 86.3 cm³/mol. The second-order valence-electron chi connectivity index (χ2n) is 5.47. The summed E-state index contributed by atoms with van der Waals surface area (Å²) in [5.74, 6) is 0. The van der Waals surface area contributed by atoms with Crippen LogP contribution < -0.4 is 5.32 Å². The Morgan fingerprint density at radius 2 is 2.14 bits per heavy atom. The van der Waals surface area contributed by atoms with E-state index in [2.05, 4.69) is 5.32 Å². The Hall–Kier alpha value is -0.620. The summed E-state index contributed by atoms with van der Waals surface area (Å²) >= 11 is 6.06. The van der Waals surface area contributed by atoms with E-state index in [0.717, 1.165) is 19.4 Å². The Balaban J connectivity index is 2.24. The second-order valence-corrected chi connectivity index (χ2v) is 7.78. The van der Waals surface area contributed by atoms with Crippen LogP contribution >= 0.6 is 11.6 Å². The number of halogens is 1. The van der Waals surface area contributed by atoms with Gasteiger partial charge in [-0.2, -0.15) is 4.31 Å². The van der Waals surface area contributed by atoms with Crippen molar-refractivity contribution in [3.8, 4) is 0 Å². The lowest BCUT2D eigenvalue weighted by molar-refractivity contribution is 0.319. The van der Waals surface area contributed by atoms with Crippen LogP contribution in [-0.4, -0.2) is 38.4 Å². The predicted octanol–water partition coefficient (Wildman–Crippen LogP) is 2.80. The number of piperidine rings is 1. The standard InChI is InChI=1S/C15H23ClN2O2S/c1-3-18(11-13-7-4-5-10-17-13)21(19,20)15-9-6-8-14(16)12(15)2/h6,8-9,13,17H,3-5,7,10-11H2,1-2H3. The SMILES string of the molecule is CCN(CC1CCCCN1)S(=O)(=O)c1cccc(Cl)c1C. The zero-order valence-electron chi connectivity index (χ0n) is 12.6. The zero-order valence-corrected chi connectivity index (χ0v) is 14.2. The maximum Gasteiger partial charge on any atom is 0.243 e. The topological polar surface area (TPSA) is 49.4 Å². The maximum atomic E-state index is 12.8. The van der Waals surface area contributed by atoms with Crippen LogP contribution in [0.4, 0.5) is 0 Å². The summed E-state index contributed by atoms with van der Waals surface area (Å²) in [5, 5.41) is 3.89. The molecule has 1 aliphatic heterocycles. The van der Waals surface area contributed by atoms with Crippen LogP contribution in [0.25, 0.3) is 0 Å². The first-order valence-electron chi connectivity index (χ1n) is 7.45. The molecule has 0 amide bonds. The lowest BCUT2D eigenvalue weighted by atomic mass is 10.1. The van der Waals surface area contributed by atoms with Gasteiger partial charge < -0.3 is 5.32 Å². The van der Waals surface area contributed by atoms with Gasteiger partial charge in [0.2, 0.25) is 10.0 Å². The highest BCUT2D eigenvalue weighted by Crippen LogP contribution is 2.26. The van der Waals surface area contributed by atoms with Gasteiger partial charge in [-0.15, -0.1) is 0 Å². The summed E-state index contributed by atoms with van der Waals surface area (Å²) in [6.07, 6.45) is 3.36. The molecule has 1 aliphatic rings. The highest BCUT2D eigenvalue weighted by Gasteiger charge is 2.28. The van der Waals surface area contributed by atoms with Crippen molar-refractivity contribution in [1.82, 2.24) is 9.62 Å². The molecule has 21 heavy (non-hydrogen) atoms.